The summed E-state index contributed by atoms with van der Waals surface area (Å²) < 4.78 is 0. The lowest BCUT2D eigenvalue weighted by Gasteiger charge is -2.08. The Bertz CT molecular complexity index is 1500. The molecule has 1 heterocycles. The van der Waals surface area contributed by atoms with Crippen molar-refractivity contribution >= 4 is 27.8 Å². The zero-order valence-corrected chi connectivity index (χ0v) is 17.1. The summed E-state index contributed by atoms with van der Waals surface area (Å²) in [5.74, 6) is -0.469. The molecule has 0 aliphatic heterocycles. The Morgan fingerprint density at radius 1 is 0.935 bits per heavy atom. The highest BCUT2D eigenvalue weighted by atomic mass is 16.4. The molecule has 4 aromatic carbocycles. The topological polar surface area (TPSA) is 86.2 Å². The number of fused-ring (bicyclic) bond motifs is 3. The number of rotatable bonds is 3. The van der Waals surface area contributed by atoms with Crippen molar-refractivity contribution in [2.24, 2.45) is 0 Å². The summed E-state index contributed by atoms with van der Waals surface area (Å²) in [7, 11) is 0. The van der Waals surface area contributed by atoms with Gasteiger partial charge in [0.25, 0.3) is 0 Å². The van der Waals surface area contributed by atoms with Crippen LogP contribution in [0.5, 0.6) is 5.75 Å². The largest absolute Gasteiger partial charge is 0.507 e. The third kappa shape index (κ3) is 3.20. The molecule has 0 fully saturated rings. The lowest BCUT2D eigenvalue weighted by atomic mass is 9.98. The van der Waals surface area contributed by atoms with Gasteiger partial charge in [-0.15, -0.1) is 0 Å². The van der Waals surface area contributed by atoms with Crippen molar-refractivity contribution in [2.75, 3.05) is 0 Å². The first-order valence-electron chi connectivity index (χ1n) is 9.97. The maximum absolute atomic E-state index is 11.3. The SMILES string of the molecule is Cc1cccc(-c2ccc(C)c(-c3nc4c(ccc5cc(C(=O)O)cc(O)c54)[nH]3)c2)c1. The van der Waals surface area contributed by atoms with Crippen LogP contribution in [0.2, 0.25) is 0 Å². The average Bonchev–Trinajstić information content (AvgIpc) is 3.17. The van der Waals surface area contributed by atoms with E-state index in [0.29, 0.717) is 22.1 Å². The van der Waals surface area contributed by atoms with Crippen LogP contribution in [0.4, 0.5) is 0 Å². The smallest absolute Gasteiger partial charge is 0.335 e. The van der Waals surface area contributed by atoms with Gasteiger partial charge in [0.05, 0.1) is 16.5 Å². The van der Waals surface area contributed by atoms with E-state index in [1.54, 1.807) is 12.1 Å². The van der Waals surface area contributed by atoms with E-state index in [0.717, 1.165) is 27.8 Å². The van der Waals surface area contributed by atoms with Gasteiger partial charge < -0.3 is 15.2 Å². The van der Waals surface area contributed by atoms with Crippen molar-refractivity contribution in [3.05, 3.63) is 83.4 Å². The molecule has 5 nitrogen and oxygen atoms in total. The van der Waals surface area contributed by atoms with Crippen molar-refractivity contribution in [1.82, 2.24) is 9.97 Å². The highest BCUT2D eigenvalue weighted by Gasteiger charge is 2.16. The lowest BCUT2D eigenvalue weighted by Crippen LogP contribution is -1.95. The van der Waals surface area contributed by atoms with E-state index in [1.165, 1.54) is 11.6 Å². The molecule has 0 bridgehead atoms. The summed E-state index contributed by atoms with van der Waals surface area (Å²) in [5, 5.41) is 21.0. The molecular formula is C26H20N2O3. The average molecular weight is 408 g/mol. The van der Waals surface area contributed by atoms with Crippen LogP contribution in [0.25, 0.3) is 44.3 Å². The molecule has 0 saturated heterocycles. The molecule has 0 atom stereocenters. The summed E-state index contributed by atoms with van der Waals surface area (Å²) >= 11 is 0. The van der Waals surface area contributed by atoms with Crippen LogP contribution < -0.4 is 0 Å². The molecule has 3 N–H and O–H groups in total. The third-order valence-electron chi connectivity index (χ3n) is 5.64. The predicted molar refractivity (Wildman–Crippen MR) is 123 cm³/mol. The van der Waals surface area contributed by atoms with Gasteiger partial charge in [0.15, 0.2) is 0 Å². The molecular weight excluding hydrogens is 388 g/mol. The Labute approximate surface area is 178 Å². The van der Waals surface area contributed by atoms with Gasteiger partial charge in [-0.25, -0.2) is 9.78 Å². The quantitative estimate of drug-likeness (QED) is 0.338. The number of benzene rings is 4. The maximum Gasteiger partial charge on any atom is 0.335 e. The fourth-order valence-electron chi connectivity index (χ4n) is 4.04. The highest BCUT2D eigenvalue weighted by Crippen LogP contribution is 2.35. The van der Waals surface area contributed by atoms with Gasteiger partial charge in [-0.3, -0.25) is 0 Å². The number of aryl methyl sites for hydroxylation is 2. The standard InChI is InChI=1S/C26H20N2O3/c1-14-4-3-5-16(10-14)17-7-6-15(2)20(12-17)25-27-21-9-8-18-11-19(26(30)31)13-22(29)23(18)24(21)28-25/h3-13,29H,1-2H3,(H,27,28)(H,30,31). The summed E-state index contributed by atoms with van der Waals surface area (Å²) in [6.45, 7) is 4.11. The summed E-state index contributed by atoms with van der Waals surface area (Å²) in [6.07, 6.45) is 0. The van der Waals surface area contributed by atoms with Crippen molar-refractivity contribution in [3.8, 4) is 28.3 Å². The van der Waals surface area contributed by atoms with Crippen LogP contribution in [-0.2, 0) is 0 Å². The molecule has 0 aliphatic rings. The Kier molecular flexibility index (Phi) is 4.26. The number of aromatic hydroxyl groups is 1. The number of nitrogens with one attached hydrogen (secondary N) is 1. The van der Waals surface area contributed by atoms with Crippen LogP contribution in [0.1, 0.15) is 21.5 Å². The van der Waals surface area contributed by atoms with Crippen LogP contribution in [-0.4, -0.2) is 26.2 Å². The number of phenols is 1. The summed E-state index contributed by atoms with van der Waals surface area (Å²) in [5.41, 5.74) is 6.93. The van der Waals surface area contributed by atoms with Gasteiger partial charge in [-0.05, 0) is 60.2 Å². The number of hydrogen-bond donors (Lipinski definition) is 3. The number of phenolic OH excluding ortho intramolecular Hbond substituents is 1. The van der Waals surface area contributed by atoms with E-state index in [4.69, 9.17) is 4.98 Å². The number of carboxylic acid groups (broad SMARTS) is 1. The number of aromatic carboxylic acids is 1. The van der Waals surface area contributed by atoms with Crippen molar-refractivity contribution < 1.29 is 15.0 Å². The highest BCUT2D eigenvalue weighted by molar-refractivity contribution is 6.10. The monoisotopic (exact) mass is 408 g/mol. The number of aromatic amines is 1. The molecule has 0 unspecified atom stereocenters. The fourth-order valence-corrected chi connectivity index (χ4v) is 4.04. The third-order valence-corrected chi connectivity index (χ3v) is 5.64. The van der Waals surface area contributed by atoms with Gasteiger partial charge >= 0.3 is 5.97 Å². The zero-order chi connectivity index (χ0) is 21.7. The van der Waals surface area contributed by atoms with E-state index < -0.39 is 5.97 Å². The molecule has 0 aliphatic carbocycles. The number of aromatic nitrogens is 2. The summed E-state index contributed by atoms with van der Waals surface area (Å²) in [4.78, 5) is 19.5. The molecule has 0 radical (unpaired) electrons. The van der Waals surface area contributed by atoms with E-state index >= 15 is 0 Å². The second kappa shape index (κ2) is 6.99. The zero-order valence-electron chi connectivity index (χ0n) is 17.1. The van der Waals surface area contributed by atoms with Gasteiger partial charge in [-0.2, -0.15) is 0 Å². The van der Waals surface area contributed by atoms with Gasteiger partial charge in [-0.1, -0.05) is 48.0 Å². The molecule has 152 valence electrons. The first-order valence-corrected chi connectivity index (χ1v) is 9.97. The Morgan fingerprint density at radius 2 is 1.74 bits per heavy atom. The lowest BCUT2D eigenvalue weighted by molar-refractivity contribution is 0.0696. The Balaban J connectivity index is 1.70. The second-order valence-electron chi connectivity index (χ2n) is 7.84. The van der Waals surface area contributed by atoms with Gasteiger partial charge in [0.2, 0.25) is 0 Å². The number of carboxylic acids is 1. The number of nitrogens with zero attached hydrogens (tertiary/aromatic N) is 1. The maximum atomic E-state index is 11.3. The van der Waals surface area contributed by atoms with Crippen LogP contribution in [0.3, 0.4) is 0 Å². The normalized spacial score (nSPS) is 11.3. The molecule has 1 aromatic heterocycles. The molecule has 5 heteroatoms. The van der Waals surface area contributed by atoms with Crippen molar-refractivity contribution in [1.29, 1.82) is 0 Å². The molecule has 5 aromatic rings. The van der Waals surface area contributed by atoms with Crippen LogP contribution in [0.15, 0.2) is 66.7 Å². The predicted octanol–water partition coefficient (Wildman–Crippen LogP) is 6.07. The van der Waals surface area contributed by atoms with Crippen LogP contribution >= 0.6 is 0 Å². The minimum absolute atomic E-state index is 0.0433. The van der Waals surface area contributed by atoms with Crippen LogP contribution in [0, 0.1) is 13.8 Å². The minimum atomic E-state index is -1.08. The number of imidazole rings is 1. The number of hydrogen-bond acceptors (Lipinski definition) is 3. The van der Waals surface area contributed by atoms with Gasteiger partial charge in [0.1, 0.15) is 17.1 Å². The van der Waals surface area contributed by atoms with E-state index in [2.05, 4.69) is 48.3 Å². The molecule has 0 amide bonds. The molecule has 0 spiro atoms. The summed E-state index contributed by atoms with van der Waals surface area (Å²) in [6, 6.07) is 21.1. The minimum Gasteiger partial charge on any atom is -0.507 e. The molecule has 31 heavy (non-hydrogen) atoms. The number of H-pyrrole nitrogens is 1. The van der Waals surface area contributed by atoms with Gasteiger partial charge in [0, 0.05) is 5.56 Å². The first kappa shape index (κ1) is 18.9. The molecule has 0 saturated carbocycles. The number of carbonyl (C=O) groups is 1. The fraction of sp³-hybridized carbons (Fsp3) is 0.0769. The Morgan fingerprint density at radius 3 is 2.52 bits per heavy atom. The Hall–Kier alpha value is -4.12. The van der Waals surface area contributed by atoms with E-state index in [-0.39, 0.29) is 11.3 Å². The van der Waals surface area contributed by atoms with E-state index in [1.807, 2.05) is 19.1 Å². The van der Waals surface area contributed by atoms with E-state index in [9.17, 15) is 15.0 Å². The van der Waals surface area contributed by atoms with Crippen molar-refractivity contribution in [2.45, 2.75) is 13.8 Å². The molecule has 5 rings (SSSR count). The second-order valence-corrected chi connectivity index (χ2v) is 7.84. The first-order chi connectivity index (χ1) is 14.9. The van der Waals surface area contributed by atoms with Crippen molar-refractivity contribution in [3.63, 3.8) is 0 Å².